The molecule has 3 nitrogen and oxygen atoms in total. The number of anilines is 1. The number of aromatic amines is 1. The van der Waals surface area contributed by atoms with E-state index < -0.39 is 0 Å². The van der Waals surface area contributed by atoms with Crippen molar-refractivity contribution in [1.29, 1.82) is 0 Å². The third-order valence-corrected chi connectivity index (χ3v) is 2.67. The Hall–Kier alpha value is -2.29. The fourth-order valence-corrected chi connectivity index (χ4v) is 1.83. The van der Waals surface area contributed by atoms with E-state index in [1.165, 1.54) is 0 Å². The minimum absolute atomic E-state index is 0.707. The molecule has 2 aromatic carbocycles. The normalized spacial score (nSPS) is 10.6. The second kappa shape index (κ2) is 4.29. The lowest BCUT2D eigenvalue weighted by Crippen LogP contribution is -2.00. The highest BCUT2D eigenvalue weighted by Crippen LogP contribution is 2.12. The van der Waals surface area contributed by atoms with Crippen LogP contribution in [0.5, 0.6) is 0 Å². The molecule has 0 bridgehead atoms. The van der Waals surface area contributed by atoms with Crippen LogP contribution in [0.15, 0.2) is 54.6 Å². The number of hydrogen-bond donors (Lipinski definition) is 2. The van der Waals surface area contributed by atoms with Gasteiger partial charge in [0, 0.05) is 5.69 Å². The van der Waals surface area contributed by atoms with Gasteiger partial charge in [-0.25, -0.2) is 4.98 Å². The van der Waals surface area contributed by atoms with Crippen molar-refractivity contribution < 1.29 is 0 Å². The molecule has 84 valence electrons. The van der Waals surface area contributed by atoms with Crippen LogP contribution in [0.2, 0.25) is 0 Å². The summed E-state index contributed by atoms with van der Waals surface area (Å²) in [5.41, 5.74) is 3.20. The summed E-state index contributed by atoms with van der Waals surface area (Å²) in [7, 11) is 0. The van der Waals surface area contributed by atoms with Crippen LogP contribution in [0, 0.1) is 0 Å². The monoisotopic (exact) mass is 223 g/mol. The molecule has 3 aromatic rings. The minimum Gasteiger partial charge on any atom is -0.378 e. The van der Waals surface area contributed by atoms with Gasteiger partial charge in [0.15, 0.2) is 0 Å². The van der Waals surface area contributed by atoms with E-state index in [-0.39, 0.29) is 0 Å². The predicted octanol–water partition coefficient (Wildman–Crippen LogP) is 3.18. The number of nitrogens with zero attached hydrogens (tertiary/aromatic N) is 1. The van der Waals surface area contributed by atoms with Crippen LogP contribution >= 0.6 is 0 Å². The van der Waals surface area contributed by atoms with Gasteiger partial charge in [0.2, 0.25) is 0 Å². The number of nitrogens with one attached hydrogen (secondary N) is 2. The fourth-order valence-electron chi connectivity index (χ4n) is 1.83. The molecule has 1 aromatic heterocycles. The van der Waals surface area contributed by atoms with Gasteiger partial charge in [-0.05, 0) is 24.3 Å². The summed E-state index contributed by atoms with van der Waals surface area (Å²) in [5, 5.41) is 3.33. The van der Waals surface area contributed by atoms with E-state index in [2.05, 4.69) is 15.3 Å². The zero-order valence-corrected chi connectivity index (χ0v) is 9.35. The third-order valence-electron chi connectivity index (χ3n) is 2.67. The summed E-state index contributed by atoms with van der Waals surface area (Å²) in [6.07, 6.45) is 0. The first-order valence-corrected chi connectivity index (χ1v) is 5.64. The Labute approximate surface area is 99.5 Å². The average molecular weight is 223 g/mol. The van der Waals surface area contributed by atoms with Crippen LogP contribution in [0.4, 0.5) is 5.69 Å². The van der Waals surface area contributed by atoms with Crippen molar-refractivity contribution in [1.82, 2.24) is 9.97 Å². The molecular weight excluding hydrogens is 210 g/mol. The van der Waals surface area contributed by atoms with Crippen molar-refractivity contribution in [2.75, 3.05) is 5.32 Å². The van der Waals surface area contributed by atoms with Crippen molar-refractivity contribution in [3.05, 3.63) is 60.4 Å². The number of fused-ring (bicyclic) bond motifs is 1. The van der Waals surface area contributed by atoms with Crippen LogP contribution in [-0.4, -0.2) is 9.97 Å². The first-order valence-electron chi connectivity index (χ1n) is 5.64. The molecule has 0 fully saturated rings. The molecule has 17 heavy (non-hydrogen) atoms. The maximum Gasteiger partial charge on any atom is 0.126 e. The Bertz CT molecular complexity index is 580. The zero-order chi connectivity index (χ0) is 11.5. The standard InChI is InChI=1S/C14H13N3/c1-2-6-11(7-3-1)15-10-14-16-12-8-4-5-9-13(12)17-14/h1-9,15H,10H2,(H,16,17). The van der Waals surface area contributed by atoms with Gasteiger partial charge in [-0.15, -0.1) is 0 Å². The second-order valence-electron chi connectivity index (χ2n) is 3.92. The van der Waals surface area contributed by atoms with Gasteiger partial charge < -0.3 is 10.3 Å². The molecular formula is C14H13N3. The Kier molecular flexibility index (Phi) is 2.50. The molecule has 3 heteroatoms. The van der Waals surface area contributed by atoms with Crippen LogP contribution in [-0.2, 0) is 6.54 Å². The van der Waals surface area contributed by atoms with Crippen LogP contribution in [0.3, 0.4) is 0 Å². The number of benzene rings is 2. The topological polar surface area (TPSA) is 40.7 Å². The number of rotatable bonds is 3. The SMILES string of the molecule is c1ccc(NCc2nc3ccccc3[nH]2)cc1. The smallest absolute Gasteiger partial charge is 0.126 e. The highest BCUT2D eigenvalue weighted by atomic mass is 15.0. The van der Waals surface area contributed by atoms with E-state index in [0.717, 1.165) is 22.5 Å². The maximum atomic E-state index is 4.51. The van der Waals surface area contributed by atoms with Gasteiger partial charge >= 0.3 is 0 Å². The zero-order valence-electron chi connectivity index (χ0n) is 9.35. The van der Waals surface area contributed by atoms with Crippen LogP contribution in [0.1, 0.15) is 5.82 Å². The van der Waals surface area contributed by atoms with Gasteiger partial charge in [-0.2, -0.15) is 0 Å². The summed E-state index contributed by atoms with van der Waals surface area (Å²) in [6.45, 7) is 0.707. The summed E-state index contributed by atoms with van der Waals surface area (Å²) in [5.74, 6) is 0.954. The molecule has 0 unspecified atom stereocenters. The highest BCUT2D eigenvalue weighted by molar-refractivity contribution is 5.74. The van der Waals surface area contributed by atoms with Gasteiger partial charge in [0.05, 0.1) is 17.6 Å². The lowest BCUT2D eigenvalue weighted by molar-refractivity contribution is 1.01. The molecule has 0 amide bonds. The number of para-hydroxylation sites is 3. The lowest BCUT2D eigenvalue weighted by atomic mass is 10.3. The predicted molar refractivity (Wildman–Crippen MR) is 69.9 cm³/mol. The van der Waals surface area contributed by atoms with Crippen LogP contribution < -0.4 is 5.32 Å². The van der Waals surface area contributed by atoms with Crippen molar-refractivity contribution in [2.45, 2.75) is 6.54 Å². The van der Waals surface area contributed by atoms with Crippen molar-refractivity contribution in [2.24, 2.45) is 0 Å². The van der Waals surface area contributed by atoms with Crippen LogP contribution in [0.25, 0.3) is 11.0 Å². The molecule has 0 aliphatic rings. The molecule has 0 aliphatic carbocycles. The van der Waals surface area contributed by atoms with E-state index in [9.17, 15) is 0 Å². The number of imidazole rings is 1. The van der Waals surface area contributed by atoms with Gasteiger partial charge in [-0.3, -0.25) is 0 Å². The van der Waals surface area contributed by atoms with E-state index in [1.807, 2.05) is 54.6 Å². The molecule has 0 atom stereocenters. The molecule has 1 heterocycles. The van der Waals surface area contributed by atoms with E-state index in [1.54, 1.807) is 0 Å². The molecule has 0 spiro atoms. The number of aromatic nitrogens is 2. The summed E-state index contributed by atoms with van der Waals surface area (Å²) in [6, 6.07) is 18.2. The molecule has 3 rings (SSSR count). The van der Waals surface area contributed by atoms with Crippen molar-refractivity contribution in [3.8, 4) is 0 Å². The van der Waals surface area contributed by atoms with Gasteiger partial charge in [0.25, 0.3) is 0 Å². The lowest BCUT2D eigenvalue weighted by Gasteiger charge is -2.02. The van der Waals surface area contributed by atoms with Gasteiger partial charge in [0.1, 0.15) is 5.82 Å². The van der Waals surface area contributed by atoms with Gasteiger partial charge in [-0.1, -0.05) is 30.3 Å². The highest BCUT2D eigenvalue weighted by Gasteiger charge is 2.00. The Morgan fingerprint density at radius 1 is 0.941 bits per heavy atom. The van der Waals surface area contributed by atoms with E-state index in [0.29, 0.717) is 6.54 Å². The first-order chi connectivity index (χ1) is 8.42. The summed E-state index contributed by atoms with van der Waals surface area (Å²) < 4.78 is 0. The largest absolute Gasteiger partial charge is 0.378 e. The quantitative estimate of drug-likeness (QED) is 0.716. The van der Waals surface area contributed by atoms with Crippen molar-refractivity contribution >= 4 is 16.7 Å². The first kappa shape index (κ1) is 9.90. The molecule has 0 aliphatic heterocycles. The Morgan fingerprint density at radius 2 is 1.71 bits per heavy atom. The third kappa shape index (κ3) is 2.13. The Balaban J connectivity index is 1.77. The second-order valence-corrected chi connectivity index (χ2v) is 3.92. The van der Waals surface area contributed by atoms with E-state index in [4.69, 9.17) is 0 Å². The maximum absolute atomic E-state index is 4.51. The summed E-state index contributed by atoms with van der Waals surface area (Å²) >= 11 is 0. The molecule has 2 N–H and O–H groups in total. The Morgan fingerprint density at radius 3 is 2.53 bits per heavy atom. The van der Waals surface area contributed by atoms with E-state index >= 15 is 0 Å². The molecule has 0 saturated heterocycles. The number of hydrogen-bond acceptors (Lipinski definition) is 2. The summed E-state index contributed by atoms with van der Waals surface area (Å²) in [4.78, 5) is 7.80. The fraction of sp³-hybridized carbons (Fsp3) is 0.0714. The average Bonchev–Trinajstić information content (AvgIpc) is 2.80. The molecule has 0 saturated carbocycles. The minimum atomic E-state index is 0.707. The molecule has 0 radical (unpaired) electrons. The van der Waals surface area contributed by atoms with Crippen molar-refractivity contribution in [3.63, 3.8) is 0 Å². The number of H-pyrrole nitrogens is 1.